The van der Waals surface area contributed by atoms with Crippen LogP contribution >= 0.6 is 11.3 Å². The molecule has 0 atom stereocenters. The van der Waals surface area contributed by atoms with Gasteiger partial charge < -0.3 is 11.1 Å². The minimum absolute atomic E-state index is 0.376. The number of aromatic nitrogens is 1. The summed E-state index contributed by atoms with van der Waals surface area (Å²) in [5.74, 6) is 0. The van der Waals surface area contributed by atoms with E-state index in [1.807, 2.05) is 35.7 Å². The molecule has 112 valence electrons. The Hall–Kier alpha value is -3.10. The van der Waals surface area contributed by atoms with Gasteiger partial charge in [-0.05, 0) is 41.3 Å². The Morgan fingerprint density at radius 1 is 1.26 bits per heavy atom. The first kappa shape index (κ1) is 14.8. The molecule has 0 amide bonds. The average Bonchev–Trinajstić information content (AvgIpc) is 3.11. The SMILES string of the molecule is C=C(Nc1cc(-c2cccs2)ccc1N)c1ccc(C#N)nc1. The third-order valence-corrected chi connectivity index (χ3v) is 4.29. The monoisotopic (exact) mass is 318 g/mol. The minimum atomic E-state index is 0.376. The van der Waals surface area contributed by atoms with Crippen LogP contribution in [0.4, 0.5) is 11.4 Å². The van der Waals surface area contributed by atoms with Crippen LogP contribution in [0.15, 0.2) is 60.6 Å². The van der Waals surface area contributed by atoms with Gasteiger partial charge in [0, 0.05) is 22.3 Å². The van der Waals surface area contributed by atoms with Crippen LogP contribution in [-0.4, -0.2) is 4.98 Å². The van der Waals surface area contributed by atoms with Crippen LogP contribution in [0, 0.1) is 11.3 Å². The molecule has 0 aliphatic rings. The number of nitriles is 1. The summed E-state index contributed by atoms with van der Waals surface area (Å²) in [5, 5.41) is 14.1. The molecule has 0 unspecified atom stereocenters. The van der Waals surface area contributed by atoms with Gasteiger partial charge in [0.15, 0.2) is 0 Å². The number of rotatable bonds is 4. The maximum absolute atomic E-state index is 8.79. The van der Waals surface area contributed by atoms with Crippen LogP contribution in [0.2, 0.25) is 0 Å². The Balaban J connectivity index is 1.85. The fourth-order valence-electron chi connectivity index (χ4n) is 2.13. The van der Waals surface area contributed by atoms with Gasteiger partial charge in [-0.2, -0.15) is 5.26 Å². The van der Waals surface area contributed by atoms with Crippen LogP contribution in [0.1, 0.15) is 11.3 Å². The first-order chi connectivity index (χ1) is 11.2. The largest absolute Gasteiger partial charge is 0.397 e. The van der Waals surface area contributed by atoms with Crippen molar-refractivity contribution in [3.05, 3.63) is 71.9 Å². The van der Waals surface area contributed by atoms with Crippen LogP contribution in [0.25, 0.3) is 16.1 Å². The van der Waals surface area contributed by atoms with Crippen molar-refractivity contribution in [1.82, 2.24) is 4.98 Å². The number of hydrogen-bond donors (Lipinski definition) is 2. The summed E-state index contributed by atoms with van der Waals surface area (Å²) in [5.41, 5.74) is 10.5. The first-order valence-corrected chi connectivity index (χ1v) is 7.81. The van der Waals surface area contributed by atoms with Crippen molar-refractivity contribution in [2.24, 2.45) is 0 Å². The molecule has 0 spiro atoms. The molecule has 23 heavy (non-hydrogen) atoms. The van der Waals surface area contributed by atoms with Crippen LogP contribution in [0.3, 0.4) is 0 Å². The lowest BCUT2D eigenvalue weighted by atomic mass is 10.1. The zero-order valence-electron chi connectivity index (χ0n) is 12.3. The number of nitrogens with zero attached hydrogens (tertiary/aromatic N) is 2. The average molecular weight is 318 g/mol. The molecule has 0 aliphatic carbocycles. The highest BCUT2D eigenvalue weighted by Crippen LogP contribution is 2.31. The summed E-state index contributed by atoms with van der Waals surface area (Å²) in [4.78, 5) is 5.23. The molecule has 0 radical (unpaired) electrons. The molecule has 0 saturated carbocycles. The second-order valence-electron chi connectivity index (χ2n) is 4.93. The normalized spacial score (nSPS) is 10.0. The maximum Gasteiger partial charge on any atom is 0.140 e. The lowest BCUT2D eigenvalue weighted by Crippen LogP contribution is -2.01. The van der Waals surface area contributed by atoms with Gasteiger partial charge >= 0.3 is 0 Å². The molecule has 0 bridgehead atoms. The van der Waals surface area contributed by atoms with Crippen LogP contribution < -0.4 is 11.1 Å². The quantitative estimate of drug-likeness (QED) is 0.701. The van der Waals surface area contributed by atoms with Crippen molar-refractivity contribution in [3.63, 3.8) is 0 Å². The zero-order valence-corrected chi connectivity index (χ0v) is 13.1. The Morgan fingerprint density at radius 2 is 2.13 bits per heavy atom. The van der Waals surface area contributed by atoms with Crippen molar-refractivity contribution in [1.29, 1.82) is 5.26 Å². The number of nitrogen functional groups attached to an aromatic ring is 1. The summed E-state index contributed by atoms with van der Waals surface area (Å²) < 4.78 is 0. The van der Waals surface area contributed by atoms with Crippen LogP contribution in [-0.2, 0) is 0 Å². The molecular weight excluding hydrogens is 304 g/mol. The van der Waals surface area contributed by atoms with Crippen molar-refractivity contribution in [2.75, 3.05) is 11.1 Å². The number of nitrogens with two attached hydrogens (primary N) is 1. The molecule has 0 aliphatic heterocycles. The number of thiophene rings is 1. The molecule has 1 aromatic carbocycles. The van der Waals surface area contributed by atoms with Gasteiger partial charge in [-0.1, -0.05) is 18.7 Å². The van der Waals surface area contributed by atoms with E-state index >= 15 is 0 Å². The standard InChI is InChI=1S/C18H14N4S/c1-12(14-4-6-15(10-19)21-11-14)22-17-9-13(5-7-16(17)20)18-3-2-8-23-18/h2-9,11,22H,1,20H2. The zero-order chi connectivity index (χ0) is 16.2. The van der Waals surface area contributed by atoms with Gasteiger partial charge in [0.2, 0.25) is 0 Å². The fraction of sp³-hybridized carbons (Fsp3) is 0. The summed E-state index contributed by atoms with van der Waals surface area (Å²) in [6.45, 7) is 4.02. The highest BCUT2D eigenvalue weighted by atomic mass is 32.1. The second kappa shape index (κ2) is 6.34. The third-order valence-electron chi connectivity index (χ3n) is 3.37. The minimum Gasteiger partial charge on any atom is -0.397 e. The van der Waals surface area contributed by atoms with Gasteiger partial charge in [-0.15, -0.1) is 11.3 Å². The molecule has 3 aromatic rings. The molecule has 4 nitrogen and oxygen atoms in total. The molecule has 2 heterocycles. The Kier molecular flexibility index (Phi) is 4.09. The van der Waals surface area contributed by atoms with E-state index in [1.165, 1.54) is 4.88 Å². The Bertz CT molecular complexity index is 874. The van der Waals surface area contributed by atoms with Gasteiger partial charge in [0.25, 0.3) is 0 Å². The molecule has 0 saturated heterocycles. The highest BCUT2D eigenvalue weighted by molar-refractivity contribution is 7.13. The van der Waals surface area contributed by atoms with E-state index in [1.54, 1.807) is 29.7 Å². The number of anilines is 2. The summed E-state index contributed by atoms with van der Waals surface area (Å²) in [6.07, 6.45) is 1.62. The summed E-state index contributed by atoms with van der Waals surface area (Å²) >= 11 is 1.68. The molecule has 3 rings (SSSR count). The van der Waals surface area contributed by atoms with E-state index in [-0.39, 0.29) is 0 Å². The fourth-order valence-corrected chi connectivity index (χ4v) is 2.86. The molecule has 0 fully saturated rings. The van der Waals surface area contributed by atoms with Crippen molar-refractivity contribution < 1.29 is 0 Å². The molecule has 3 N–H and O–H groups in total. The summed E-state index contributed by atoms with van der Waals surface area (Å²) in [6, 6.07) is 15.4. The van der Waals surface area contributed by atoms with E-state index < -0.39 is 0 Å². The lowest BCUT2D eigenvalue weighted by Gasteiger charge is -2.13. The number of benzene rings is 1. The molecular formula is C18H14N4S. The van der Waals surface area contributed by atoms with Gasteiger partial charge in [-0.25, -0.2) is 4.98 Å². The van der Waals surface area contributed by atoms with E-state index in [9.17, 15) is 0 Å². The van der Waals surface area contributed by atoms with E-state index in [4.69, 9.17) is 11.0 Å². The smallest absolute Gasteiger partial charge is 0.140 e. The van der Waals surface area contributed by atoms with E-state index in [0.717, 1.165) is 16.8 Å². The topological polar surface area (TPSA) is 74.7 Å². The summed E-state index contributed by atoms with van der Waals surface area (Å²) in [7, 11) is 0. The Morgan fingerprint density at radius 3 is 2.78 bits per heavy atom. The van der Waals surface area contributed by atoms with E-state index in [2.05, 4.69) is 22.9 Å². The maximum atomic E-state index is 8.79. The van der Waals surface area contributed by atoms with Crippen molar-refractivity contribution >= 4 is 28.4 Å². The molecule has 2 aromatic heterocycles. The first-order valence-electron chi connectivity index (χ1n) is 6.93. The second-order valence-corrected chi connectivity index (χ2v) is 5.87. The number of pyridine rings is 1. The molecule has 5 heteroatoms. The van der Waals surface area contributed by atoms with Crippen molar-refractivity contribution in [3.8, 4) is 16.5 Å². The van der Waals surface area contributed by atoms with Crippen molar-refractivity contribution in [2.45, 2.75) is 0 Å². The van der Waals surface area contributed by atoms with Crippen LogP contribution in [0.5, 0.6) is 0 Å². The third kappa shape index (κ3) is 3.23. The number of hydrogen-bond acceptors (Lipinski definition) is 5. The Labute approximate surface area is 138 Å². The predicted octanol–water partition coefficient (Wildman–Crippen LogP) is 4.35. The highest BCUT2D eigenvalue weighted by Gasteiger charge is 2.07. The van der Waals surface area contributed by atoms with E-state index in [0.29, 0.717) is 17.1 Å². The lowest BCUT2D eigenvalue weighted by molar-refractivity contribution is 1.25. The number of nitrogens with one attached hydrogen (secondary N) is 1. The van der Waals surface area contributed by atoms with Gasteiger partial charge in [-0.3, -0.25) is 0 Å². The van der Waals surface area contributed by atoms with Gasteiger partial charge in [0.05, 0.1) is 11.4 Å². The van der Waals surface area contributed by atoms with Gasteiger partial charge in [0.1, 0.15) is 11.8 Å². The predicted molar refractivity (Wildman–Crippen MR) is 95.8 cm³/mol.